The summed E-state index contributed by atoms with van der Waals surface area (Å²) < 4.78 is 0. The summed E-state index contributed by atoms with van der Waals surface area (Å²) in [4.78, 5) is 11.4. The van der Waals surface area contributed by atoms with Crippen molar-refractivity contribution in [2.75, 3.05) is 0 Å². The second-order valence-corrected chi connectivity index (χ2v) is 4.08. The van der Waals surface area contributed by atoms with Gasteiger partial charge in [0.1, 0.15) is 0 Å². The molecule has 0 unspecified atom stereocenters. The Labute approximate surface area is 101 Å². The fourth-order valence-electron chi connectivity index (χ4n) is 1.48. The minimum Gasteiger partial charge on any atom is -0.326 e. The first-order valence-electron chi connectivity index (χ1n) is 4.58. The highest BCUT2D eigenvalue weighted by molar-refractivity contribution is 6.42. The van der Waals surface area contributed by atoms with Gasteiger partial charge in [-0.3, -0.25) is 15.0 Å². The lowest BCUT2D eigenvalue weighted by atomic mass is 10.1. The highest BCUT2D eigenvalue weighted by Gasteiger charge is 2.11. The molecule has 2 aromatic rings. The number of benzene rings is 1. The predicted molar refractivity (Wildman–Crippen MR) is 64.8 cm³/mol. The molecule has 0 aliphatic carbocycles. The number of nitrogens with one attached hydrogen (secondary N) is 2. The molecule has 6 heteroatoms. The van der Waals surface area contributed by atoms with Crippen molar-refractivity contribution in [2.24, 2.45) is 5.73 Å². The fourth-order valence-corrected chi connectivity index (χ4v) is 1.77. The molecule has 0 saturated heterocycles. The van der Waals surface area contributed by atoms with Crippen LogP contribution in [0.1, 0.15) is 5.56 Å². The standard InChI is InChI=1S/C10H9Cl2N3O/c11-7-2-1-5(3-8(7)12)9-6(4-13)10(16)15-14-9/h1-3H,4,13H2,(H2,14,15,16). The molecule has 16 heavy (non-hydrogen) atoms. The third-order valence-corrected chi connectivity index (χ3v) is 3.03. The summed E-state index contributed by atoms with van der Waals surface area (Å²) in [5, 5.41) is 6.16. The van der Waals surface area contributed by atoms with E-state index in [2.05, 4.69) is 10.2 Å². The maximum atomic E-state index is 11.4. The number of nitrogens with two attached hydrogens (primary N) is 1. The van der Waals surface area contributed by atoms with E-state index in [9.17, 15) is 4.79 Å². The maximum Gasteiger partial charge on any atom is 0.269 e. The lowest BCUT2D eigenvalue weighted by Crippen LogP contribution is -2.10. The minimum absolute atomic E-state index is 0.161. The van der Waals surface area contributed by atoms with Crippen LogP contribution < -0.4 is 11.3 Å². The molecular weight excluding hydrogens is 249 g/mol. The predicted octanol–water partition coefficient (Wildman–Crippen LogP) is 2.14. The van der Waals surface area contributed by atoms with Crippen LogP contribution in [0.15, 0.2) is 23.0 Å². The van der Waals surface area contributed by atoms with Crippen molar-refractivity contribution in [2.45, 2.75) is 6.54 Å². The molecule has 0 amide bonds. The summed E-state index contributed by atoms with van der Waals surface area (Å²) in [5.74, 6) is 0. The van der Waals surface area contributed by atoms with Crippen LogP contribution in [0.2, 0.25) is 10.0 Å². The number of hydrogen-bond acceptors (Lipinski definition) is 2. The molecule has 0 bridgehead atoms. The van der Waals surface area contributed by atoms with Crippen molar-refractivity contribution in [1.29, 1.82) is 0 Å². The third kappa shape index (κ3) is 1.87. The second kappa shape index (κ2) is 4.33. The van der Waals surface area contributed by atoms with Gasteiger partial charge in [0.2, 0.25) is 0 Å². The monoisotopic (exact) mass is 257 g/mol. The molecule has 0 fully saturated rings. The van der Waals surface area contributed by atoms with Crippen molar-refractivity contribution in [3.05, 3.63) is 44.2 Å². The van der Waals surface area contributed by atoms with Crippen LogP contribution in [0.25, 0.3) is 11.3 Å². The smallest absolute Gasteiger partial charge is 0.269 e. The third-order valence-electron chi connectivity index (χ3n) is 2.29. The van der Waals surface area contributed by atoms with Crippen molar-refractivity contribution >= 4 is 23.2 Å². The zero-order chi connectivity index (χ0) is 11.7. The molecule has 2 rings (SSSR count). The van der Waals surface area contributed by atoms with Crippen LogP contribution in [0.4, 0.5) is 0 Å². The van der Waals surface area contributed by atoms with Crippen LogP contribution in [-0.4, -0.2) is 10.2 Å². The van der Waals surface area contributed by atoms with Gasteiger partial charge < -0.3 is 5.73 Å². The Morgan fingerprint density at radius 3 is 2.56 bits per heavy atom. The summed E-state index contributed by atoms with van der Waals surface area (Å²) in [7, 11) is 0. The Balaban J connectivity index is 2.58. The van der Waals surface area contributed by atoms with E-state index in [-0.39, 0.29) is 12.1 Å². The SMILES string of the molecule is NCc1c(-c2ccc(Cl)c(Cl)c2)[nH][nH]c1=O. The van der Waals surface area contributed by atoms with Gasteiger partial charge in [0, 0.05) is 12.1 Å². The number of hydrogen-bond donors (Lipinski definition) is 3. The normalized spacial score (nSPS) is 10.7. The zero-order valence-corrected chi connectivity index (χ0v) is 9.69. The molecule has 1 aromatic heterocycles. The van der Waals surface area contributed by atoms with Gasteiger partial charge in [0.25, 0.3) is 5.56 Å². The minimum atomic E-state index is -0.219. The summed E-state index contributed by atoms with van der Waals surface area (Å²) in [6, 6.07) is 5.12. The Morgan fingerprint density at radius 1 is 1.19 bits per heavy atom. The number of H-pyrrole nitrogens is 2. The van der Waals surface area contributed by atoms with Crippen LogP contribution in [0.5, 0.6) is 0 Å². The Kier molecular flexibility index (Phi) is 3.05. The first-order valence-corrected chi connectivity index (χ1v) is 5.34. The topological polar surface area (TPSA) is 74.7 Å². The fraction of sp³-hybridized carbons (Fsp3) is 0.100. The van der Waals surface area contributed by atoms with E-state index in [1.54, 1.807) is 18.2 Å². The van der Waals surface area contributed by atoms with E-state index < -0.39 is 0 Å². The lowest BCUT2D eigenvalue weighted by molar-refractivity contribution is 1.04. The van der Waals surface area contributed by atoms with Crippen LogP contribution in [-0.2, 0) is 6.54 Å². The molecular formula is C10H9Cl2N3O. The summed E-state index contributed by atoms with van der Waals surface area (Å²) >= 11 is 11.7. The van der Waals surface area contributed by atoms with Gasteiger partial charge in [0.15, 0.2) is 0 Å². The Morgan fingerprint density at radius 2 is 1.94 bits per heavy atom. The first-order chi connectivity index (χ1) is 7.63. The lowest BCUT2D eigenvalue weighted by Gasteiger charge is -2.02. The van der Waals surface area contributed by atoms with Crippen LogP contribution >= 0.6 is 23.2 Å². The van der Waals surface area contributed by atoms with E-state index in [0.29, 0.717) is 21.3 Å². The summed E-state index contributed by atoms with van der Waals surface area (Å²) in [5.41, 5.74) is 7.20. The largest absolute Gasteiger partial charge is 0.326 e. The summed E-state index contributed by atoms with van der Waals surface area (Å²) in [6.45, 7) is 0.161. The molecule has 0 saturated carbocycles. The van der Waals surface area contributed by atoms with E-state index in [1.807, 2.05) is 0 Å². The van der Waals surface area contributed by atoms with Crippen molar-refractivity contribution in [3.63, 3.8) is 0 Å². The molecule has 0 aliphatic rings. The molecule has 0 spiro atoms. The molecule has 1 heterocycles. The number of aromatic nitrogens is 2. The van der Waals surface area contributed by atoms with Crippen molar-refractivity contribution in [3.8, 4) is 11.3 Å². The van der Waals surface area contributed by atoms with Crippen LogP contribution in [0, 0.1) is 0 Å². The van der Waals surface area contributed by atoms with E-state index >= 15 is 0 Å². The first kappa shape index (κ1) is 11.3. The van der Waals surface area contributed by atoms with Crippen molar-refractivity contribution in [1.82, 2.24) is 10.2 Å². The van der Waals surface area contributed by atoms with Crippen LogP contribution in [0.3, 0.4) is 0 Å². The molecule has 84 valence electrons. The van der Waals surface area contributed by atoms with Gasteiger partial charge in [-0.2, -0.15) is 0 Å². The van der Waals surface area contributed by atoms with E-state index in [0.717, 1.165) is 5.56 Å². The van der Waals surface area contributed by atoms with Gasteiger partial charge in [-0.05, 0) is 12.1 Å². The average molecular weight is 258 g/mol. The van der Waals surface area contributed by atoms with Gasteiger partial charge in [-0.1, -0.05) is 29.3 Å². The summed E-state index contributed by atoms with van der Waals surface area (Å²) in [6.07, 6.45) is 0. The maximum absolute atomic E-state index is 11.4. The molecule has 0 radical (unpaired) electrons. The average Bonchev–Trinajstić information content (AvgIpc) is 2.63. The van der Waals surface area contributed by atoms with E-state index in [1.165, 1.54) is 0 Å². The number of rotatable bonds is 2. The second-order valence-electron chi connectivity index (χ2n) is 3.27. The van der Waals surface area contributed by atoms with Crippen molar-refractivity contribution < 1.29 is 0 Å². The van der Waals surface area contributed by atoms with Gasteiger partial charge in [-0.15, -0.1) is 0 Å². The van der Waals surface area contributed by atoms with Gasteiger partial charge in [-0.25, -0.2) is 0 Å². The van der Waals surface area contributed by atoms with E-state index in [4.69, 9.17) is 28.9 Å². The Bertz CT molecular complexity index is 574. The molecule has 1 aromatic carbocycles. The number of halogens is 2. The molecule has 4 nitrogen and oxygen atoms in total. The van der Waals surface area contributed by atoms with Gasteiger partial charge in [0.05, 0.1) is 21.3 Å². The Hall–Kier alpha value is -1.23. The quantitative estimate of drug-likeness (QED) is 0.771. The molecule has 0 aliphatic heterocycles. The highest BCUT2D eigenvalue weighted by Crippen LogP contribution is 2.28. The molecule has 4 N–H and O–H groups in total. The number of aromatic amines is 2. The molecule has 0 atom stereocenters. The zero-order valence-electron chi connectivity index (χ0n) is 8.18. The van der Waals surface area contributed by atoms with Gasteiger partial charge >= 0.3 is 0 Å². The highest BCUT2D eigenvalue weighted by atomic mass is 35.5.